The maximum absolute atomic E-state index is 11.8. The van der Waals surface area contributed by atoms with Crippen LogP contribution in [0.25, 0.3) is 0 Å². The van der Waals surface area contributed by atoms with Gasteiger partial charge in [0, 0.05) is 23.7 Å². The first kappa shape index (κ1) is 16.6. The molecule has 0 amide bonds. The number of rotatable bonds is 6. The van der Waals surface area contributed by atoms with Crippen LogP contribution in [0.4, 0.5) is 0 Å². The number of esters is 1. The van der Waals surface area contributed by atoms with Crippen LogP contribution >= 0.6 is 11.3 Å². The average Bonchev–Trinajstić information content (AvgIpc) is 3.03. The van der Waals surface area contributed by atoms with Crippen molar-refractivity contribution in [1.29, 1.82) is 0 Å². The number of aromatic nitrogens is 3. The monoisotopic (exact) mass is 323 g/mol. The predicted molar refractivity (Wildman–Crippen MR) is 84.1 cm³/mol. The Morgan fingerprint density at radius 1 is 1.41 bits per heavy atom. The molecule has 2 rings (SSSR count). The molecule has 0 fully saturated rings. The van der Waals surface area contributed by atoms with Gasteiger partial charge in [-0.25, -0.2) is 4.98 Å². The number of ether oxygens (including phenoxy) is 2. The molecule has 1 atom stereocenters. The van der Waals surface area contributed by atoms with E-state index in [0.29, 0.717) is 13.2 Å². The van der Waals surface area contributed by atoms with Crippen LogP contribution in [0.1, 0.15) is 40.5 Å². The van der Waals surface area contributed by atoms with Gasteiger partial charge in [0.05, 0.1) is 37.6 Å². The number of nitrogens with zero attached hydrogens (tertiary/aromatic N) is 3. The molecule has 6 nitrogen and oxygen atoms in total. The van der Waals surface area contributed by atoms with Crippen LogP contribution in [0.15, 0.2) is 5.38 Å². The van der Waals surface area contributed by atoms with Crippen LogP contribution in [0, 0.1) is 13.8 Å². The van der Waals surface area contributed by atoms with Crippen LogP contribution < -0.4 is 0 Å². The van der Waals surface area contributed by atoms with Crippen molar-refractivity contribution in [1.82, 2.24) is 14.8 Å². The van der Waals surface area contributed by atoms with Gasteiger partial charge in [-0.1, -0.05) is 0 Å². The zero-order valence-corrected chi connectivity index (χ0v) is 14.4. The Bertz CT molecular complexity index is 663. The van der Waals surface area contributed by atoms with E-state index < -0.39 is 0 Å². The van der Waals surface area contributed by atoms with Crippen LogP contribution in [-0.2, 0) is 27.4 Å². The normalized spacial score (nSPS) is 12.4. The number of aryl methyl sites for hydroxylation is 1. The summed E-state index contributed by atoms with van der Waals surface area (Å²) in [4.78, 5) is 16.3. The molecular weight excluding hydrogens is 302 g/mol. The minimum atomic E-state index is -0.321. The highest BCUT2D eigenvalue weighted by Crippen LogP contribution is 2.25. The Morgan fingerprint density at radius 2 is 2.14 bits per heavy atom. The van der Waals surface area contributed by atoms with E-state index in [2.05, 4.69) is 10.1 Å². The number of carbonyl (C=O) groups is 1. The molecule has 0 saturated carbocycles. The largest absolute Gasteiger partial charge is 0.469 e. The van der Waals surface area contributed by atoms with Gasteiger partial charge >= 0.3 is 5.97 Å². The van der Waals surface area contributed by atoms with Crippen LogP contribution in [0.3, 0.4) is 0 Å². The standard InChI is InChI=1S/C15H21N3O3S/c1-9(15(19)21-5)14-10(2)17-18(11(14)3)6-12-8-22-13(16-12)7-20-4/h8-9H,6-7H2,1-5H3/t9-/m1/s1. The van der Waals surface area contributed by atoms with Gasteiger partial charge in [-0.3, -0.25) is 9.48 Å². The van der Waals surface area contributed by atoms with Crippen LogP contribution in [0.5, 0.6) is 0 Å². The zero-order valence-electron chi connectivity index (χ0n) is 13.5. The molecule has 0 aromatic carbocycles. The number of hydrogen-bond acceptors (Lipinski definition) is 6. The summed E-state index contributed by atoms with van der Waals surface area (Å²) in [6.07, 6.45) is 0. The van der Waals surface area contributed by atoms with E-state index in [1.165, 1.54) is 7.11 Å². The Kier molecular flexibility index (Phi) is 5.31. The maximum Gasteiger partial charge on any atom is 0.312 e. The molecule has 2 heterocycles. The molecule has 7 heteroatoms. The molecule has 2 aromatic rings. The van der Waals surface area contributed by atoms with Crippen molar-refractivity contribution < 1.29 is 14.3 Å². The molecule has 0 unspecified atom stereocenters. The van der Waals surface area contributed by atoms with Crippen molar-refractivity contribution in [2.45, 2.75) is 39.8 Å². The minimum Gasteiger partial charge on any atom is -0.469 e. The van der Waals surface area contributed by atoms with Gasteiger partial charge in [0.25, 0.3) is 0 Å². The highest BCUT2D eigenvalue weighted by molar-refractivity contribution is 7.09. The van der Waals surface area contributed by atoms with E-state index in [1.54, 1.807) is 18.4 Å². The van der Waals surface area contributed by atoms with Gasteiger partial charge in [-0.05, 0) is 20.8 Å². The van der Waals surface area contributed by atoms with E-state index in [1.807, 2.05) is 30.8 Å². The van der Waals surface area contributed by atoms with Crippen molar-refractivity contribution in [2.24, 2.45) is 0 Å². The Labute approximate surface area is 134 Å². The number of methoxy groups -OCH3 is 2. The molecule has 0 bridgehead atoms. The van der Waals surface area contributed by atoms with Gasteiger partial charge in [-0.2, -0.15) is 5.10 Å². The summed E-state index contributed by atoms with van der Waals surface area (Å²) in [5, 5.41) is 7.50. The van der Waals surface area contributed by atoms with Gasteiger partial charge in [-0.15, -0.1) is 11.3 Å². The molecular formula is C15H21N3O3S. The fraction of sp³-hybridized carbons (Fsp3) is 0.533. The Hall–Kier alpha value is -1.73. The zero-order chi connectivity index (χ0) is 16.3. The topological polar surface area (TPSA) is 66.2 Å². The SMILES string of the molecule is COCc1nc(Cn2nc(C)c([C@@H](C)C(=O)OC)c2C)cs1. The van der Waals surface area contributed by atoms with Crippen molar-refractivity contribution in [3.8, 4) is 0 Å². The second kappa shape index (κ2) is 7.02. The van der Waals surface area contributed by atoms with Crippen molar-refractivity contribution >= 4 is 17.3 Å². The van der Waals surface area contributed by atoms with E-state index in [9.17, 15) is 4.79 Å². The highest BCUT2D eigenvalue weighted by atomic mass is 32.1. The summed E-state index contributed by atoms with van der Waals surface area (Å²) in [7, 11) is 3.06. The molecule has 0 N–H and O–H groups in total. The van der Waals surface area contributed by atoms with E-state index in [0.717, 1.165) is 27.7 Å². The number of carbonyl (C=O) groups excluding carboxylic acids is 1. The lowest BCUT2D eigenvalue weighted by atomic mass is 9.99. The lowest BCUT2D eigenvalue weighted by Crippen LogP contribution is -2.13. The Morgan fingerprint density at radius 3 is 2.77 bits per heavy atom. The first-order chi connectivity index (χ1) is 10.5. The third-order valence-electron chi connectivity index (χ3n) is 3.60. The predicted octanol–water partition coefficient (Wildman–Crippen LogP) is 2.43. The van der Waals surface area contributed by atoms with E-state index >= 15 is 0 Å². The van der Waals surface area contributed by atoms with Gasteiger partial charge in [0.15, 0.2) is 0 Å². The Balaban J connectivity index is 2.23. The first-order valence-electron chi connectivity index (χ1n) is 7.01. The fourth-order valence-corrected chi connectivity index (χ4v) is 3.31. The van der Waals surface area contributed by atoms with E-state index in [-0.39, 0.29) is 11.9 Å². The lowest BCUT2D eigenvalue weighted by Gasteiger charge is -2.10. The molecule has 0 aliphatic carbocycles. The number of hydrogen-bond donors (Lipinski definition) is 0. The van der Waals surface area contributed by atoms with Crippen LogP contribution in [-0.4, -0.2) is 35.0 Å². The van der Waals surface area contributed by atoms with Crippen molar-refractivity contribution in [3.63, 3.8) is 0 Å². The average molecular weight is 323 g/mol. The molecule has 0 aliphatic heterocycles. The summed E-state index contributed by atoms with van der Waals surface area (Å²) >= 11 is 1.57. The summed E-state index contributed by atoms with van der Waals surface area (Å²) in [5.74, 6) is -0.569. The summed E-state index contributed by atoms with van der Waals surface area (Å²) in [6, 6.07) is 0. The second-order valence-electron chi connectivity index (χ2n) is 5.15. The van der Waals surface area contributed by atoms with Crippen LogP contribution in [0.2, 0.25) is 0 Å². The first-order valence-corrected chi connectivity index (χ1v) is 7.89. The summed E-state index contributed by atoms with van der Waals surface area (Å²) in [6.45, 7) is 6.83. The maximum atomic E-state index is 11.8. The van der Waals surface area contributed by atoms with Gasteiger partial charge < -0.3 is 9.47 Å². The summed E-state index contributed by atoms with van der Waals surface area (Å²) in [5.41, 5.74) is 3.69. The highest BCUT2D eigenvalue weighted by Gasteiger charge is 2.24. The third-order valence-corrected chi connectivity index (χ3v) is 4.48. The van der Waals surface area contributed by atoms with Crippen molar-refractivity contribution in [3.05, 3.63) is 33.0 Å². The fourth-order valence-electron chi connectivity index (χ4n) is 2.55. The smallest absolute Gasteiger partial charge is 0.312 e. The molecule has 22 heavy (non-hydrogen) atoms. The molecule has 0 spiro atoms. The second-order valence-corrected chi connectivity index (χ2v) is 6.10. The number of thiazole rings is 1. The molecule has 0 aliphatic rings. The van der Waals surface area contributed by atoms with E-state index in [4.69, 9.17) is 9.47 Å². The third kappa shape index (κ3) is 3.36. The van der Waals surface area contributed by atoms with Crippen molar-refractivity contribution in [2.75, 3.05) is 14.2 Å². The lowest BCUT2D eigenvalue weighted by molar-refractivity contribution is -0.142. The minimum absolute atomic E-state index is 0.248. The molecule has 120 valence electrons. The summed E-state index contributed by atoms with van der Waals surface area (Å²) < 4.78 is 11.8. The molecule has 2 aromatic heterocycles. The molecule has 0 radical (unpaired) electrons. The van der Waals surface area contributed by atoms with Gasteiger partial charge in [0.2, 0.25) is 0 Å². The van der Waals surface area contributed by atoms with Gasteiger partial charge in [0.1, 0.15) is 5.01 Å². The quantitative estimate of drug-likeness (QED) is 0.764. The molecule has 0 saturated heterocycles.